The van der Waals surface area contributed by atoms with Gasteiger partial charge in [-0.2, -0.15) is 0 Å². The van der Waals surface area contributed by atoms with E-state index in [0.717, 1.165) is 25.7 Å². The van der Waals surface area contributed by atoms with Crippen molar-refractivity contribution in [2.45, 2.75) is 71.6 Å². The Hall–Kier alpha value is -1.58. The summed E-state index contributed by atoms with van der Waals surface area (Å²) in [4.78, 5) is 19.9. The van der Waals surface area contributed by atoms with Gasteiger partial charge in [0.05, 0.1) is 0 Å². The molecule has 0 heterocycles. The number of hydrogen-bond acceptors (Lipinski definition) is 2. The van der Waals surface area contributed by atoms with E-state index in [-0.39, 0.29) is 0 Å². The molecule has 0 aromatic carbocycles. The van der Waals surface area contributed by atoms with Crippen molar-refractivity contribution in [3.05, 3.63) is 24.3 Å². The first kappa shape index (κ1) is 21.7. The maximum Gasteiger partial charge on any atom is 0.327 e. The molecular formula is C17H30O4. The lowest BCUT2D eigenvalue weighted by atomic mass is 10.1. The number of hydrogen-bond donors (Lipinski definition) is 2. The summed E-state index contributed by atoms with van der Waals surface area (Å²) in [6.07, 6.45) is 15.9. The van der Waals surface area contributed by atoms with Crippen LogP contribution in [0.15, 0.2) is 24.3 Å². The normalized spacial score (nSPS) is 10.6. The molecule has 0 saturated heterocycles. The zero-order valence-corrected chi connectivity index (χ0v) is 13.4. The molecule has 0 amide bonds. The van der Waals surface area contributed by atoms with Crippen molar-refractivity contribution in [3.8, 4) is 0 Å². The summed E-state index contributed by atoms with van der Waals surface area (Å²) in [7, 11) is 0. The minimum Gasteiger partial charge on any atom is -0.478 e. The van der Waals surface area contributed by atoms with E-state index in [1.165, 1.54) is 44.3 Å². The van der Waals surface area contributed by atoms with Gasteiger partial charge in [-0.25, -0.2) is 9.59 Å². The third kappa shape index (κ3) is 27.6. The lowest BCUT2D eigenvalue weighted by molar-refractivity contribution is -0.132. The second-order valence-electron chi connectivity index (χ2n) is 4.83. The van der Waals surface area contributed by atoms with Crippen LogP contribution in [0.4, 0.5) is 0 Å². The van der Waals surface area contributed by atoms with Gasteiger partial charge in [-0.05, 0) is 25.7 Å². The Morgan fingerprint density at radius 1 is 0.714 bits per heavy atom. The predicted octanol–water partition coefficient (Wildman–Crippen LogP) is 4.81. The Labute approximate surface area is 128 Å². The second kappa shape index (κ2) is 18.4. The molecule has 0 radical (unpaired) electrons. The van der Waals surface area contributed by atoms with Crippen molar-refractivity contribution in [2.24, 2.45) is 0 Å². The van der Waals surface area contributed by atoms with Crippen LogP contribution in [0.2, 0.25) is 0 Å². The van der Waals surface area contributed by atoms with Crippen molar-refractivity contribution >= 4 is 11.9 Å². The summed E-state index contributed by atoms with van der Waals surface area (Å²) in [6, 6.07) is 0. The highest BCUT2D eigenvalue weighted by Crippen LogP contribution is 2.02. The molecule has 0 aliphatic carbocycles. The van der Waals surface area contributed by atoms with E-state index in [2.05, 4.69) is 13.8 Å². The van der Waals surface area contributed by atoms with Gasteiger partial charge in [-0.3, -0.25) is 0 Å². The maximum atomic E-state index is 10.0. The molecule has 4 heteroatoms. The van der Waals surface area contributed by atoms with E-state index in [1.807, 2.05) is 0 Å². The van der Waals surface area contributed by atoms with Gasteiger partial charge < -0.3 is 10.2 Å². The van der Waals surface area contributed by atoms with Crippen LogP contribution in [0.3, 0.4) is 0 Å². The predicted molar refractivity (Wildman–Crippen MR) is 86.5 cm³/mol. The van der Waals surface area contributed by atoms with Gasteiger partial charge >= 0.3 is 11.9 Å². The zero-order valence-electron chi connectivity index (χ0n) is 13.4. The summed E-state index contributed by atoms with van der Waals surface area (Å²) < 4.78 is 0. The topological polar surface area (TPSA) is 74.6 Å². The Kier molecular flexibility index (Phi) is 19.0. The average Bonchev–Trinajstić information content (AvgIpc) is 2.42. The van der Waals surface area contributed by atoms with Crippen LogP contribution < -0.4 is 0 Å². The quantitative estimate of drug-likeness (QED) is 0.424. The molecule has 0 unspecified atom stereocenters. The largest absolute Gasteiger partial charge is 0.478 e. The number of carbonyl (C=O) groups is 2. The molecule has 2 N–H and O–H groups in total. The van der Waals surface area contributed by atoms with Gasteiger partial charge in [0.15, 0.2) is 0 Å². The number of carboxylic acid groups (broad SMARTS) is 2. The van der Waals surface area contributed by atoms with Crippen LogP contribution in [-0.4, -0.2) is 22.2 Å². The molecule has 0 aromatic rings. The fraction of sp³-hybridized carbons (Fsp3) is 0.647. The smallest absolute Gasteiger partial charge is 0.327 e. The van der Waals surface area contributed by atoms with Gasteiger partial charge in [0.25, 0.3) is 0 Å². The van der Waals surface area contributed by atoms with E-state index in [4.69, 9.17) is 10.2 Å². The first-order valence-electron chi connectivity index (χ1n) is 7.83. The van der Waals surface area contributed by atoms with Gasteiger partial charge in [0.2, 0.25) is 0 Å². The first-order chi connectivity index (χ1) is 10.0. The van der Waals surface area contributed by atoms with E-state index < -0.39 is 11.9 Å². The van der Waals surface area contributed by atoms with Crippen molar-refractivity contribution in [2.75, 3.05) is 0 Å². The van der Waals surface area contributed by atoms with Crippen molar-refractivity contribution < 1.29 is 19.8 Å². The van der Waals surface area contributed by atoms with Crippen molar-refractivity contribution in [1.29, 1.82) is 0 Å². The number of rotatable bonds is 11. The maximum absolute atomic E-state index is 10.0. The molecule has 0 aromatic heterocycles. The lowest BCUT2D eigenvalue weighted by Crippen LogP contribution is -1.85. The summed E-state index contributed by atoms with van der Waals surface area (Å²) in [5, 5.41) is 16.4. The number of aliphatic carboxylic acids is 2. The third-order valence-electron chi connectivity index (χ3n) is 2.72. The Morgan fingerprint density at radius 3 is 1.48 bits per heavy atom. The fourth-order valence-electron chi connectivity index (χ4n) is 1.57. The summed E-state index contributed by atoms with van der Waals surface area (Å²) >= 11 is 0. The molecule has 0 fully saturated rings. The third-order valence-corrected chi connectivity index (χ3v) is 2.72. The van der Waals surface area contributed by atoms with Gasteiger partial charge in [-0.15, -0.1) is 0 Å². The minimum absolute atomic E-state index is 0.847. The summed E-state index contributed by atoms with van der Waals surface area (Å²) in [5.41, 5.74) is 0. The molecule has 0 saturated carbocycles. The molecule has 0 atom stereocenters. The first-order valence-corrected chi connectivity index (χ1v) is 7.83. The molecule has 21 heavy (non-hydrogen) atoms. The average molecular weight is 298 g/mol. The highest BCUT2D eigenvalue weighted by Gasteiger charge is 1.86. The molecule has 0 bridgehead atoms. The van der Waals surface area contributed by atoms with Crippen molar-refractivity contribution in [1.82, 2.24) is 0 Å². The van der Waals surface area contributed by atoms with Crippen LogP contribution in [-0.2, 0) is 9.59 Å². The van der Waals surface area contributed by atoms with E-state index in [0.29, 0.717) is 0 Å². The van der Waals surface area contributed by atoms with Gasteiger partial charge in [0, 0.05) is 12.2 Å². The Balaban J connectivity index is 0. The fourth-order valence-corrected chi connectivity index (χ4v) is 1.57. The molecular weight excluding hydrogens is 268 g/mol. The standard InChI is InChI=1S/C9H16O2.C8H14O2/c1-2-3-4-5-6-7-8-9(10)11;1-2-3-4-5-6-7-8(9)10/h7-8H,2-6H2,1H3,(H,10,11);6-7H,2-5H2,1H3,(H,9,10). The minimum atomic E-state index is -0.850. The molecule has 0 spiro atoms. The second-order valence-corrected chi connectivity index (χ2v) is 4.83. The van der Waals surface area contributed by atoms with Crippen LogP contribution in [0.1, 0.15) is 71.6 Å². The highest BCUT2D eigenvalue weighted by molar-refractivity contribution is 5.79. The SMILES string of the molecule is CCCCCC=CC(=O)O.CCCCCCC=CC(=O)O. The van der Waals surface area contributed by atoms with Crippen LogP contribution in [0.5, 0.6) is 0 Å². The number of unbranched alkanes of at least 4 members (excludes halogenated alkanes) is 7. The molecule has 0 rings (SSSR count). The molecule has 0 aliphatic heterocycles. The van der Waals surface area contributed by atoms with E-state index >= 15 is 0 Å². The van der Waals surface area contributed by atoms with Gasteiger partial charge in [-0.1, -0.05) is 58.1 Å². The zero-order chi connectivity index (χ0) is 16.3. The highest BCUT2D eigenvalue weighted by atomic mass is 16.4. The number of allylic oxidation sites excluding steroid dienone is 2. The van der Waals surface area contributed by atoms with Crippen LogP contribution in [0, 0.1) is 0 Å². The molecule has 4 nitrogen and oxygen atoms in total. The Bertz CT molecular complexity index is 306. The number of carboxylic acids is 2. The van der Waals surface area contributed by atoms with Crippen LogP contribution >= 0.6 is 0 Å². The van der Waals surface area contributed by atoms with Crippen LogP contribution in [0.25, 0.3) is 0 Å². The lowest BCUT2D eigenvalue weighted by Gasteiger charge is -1.92. The van der Waals surface area contributed by atoms with Crippen molar-refractivity contribution in [3.63, 3.8) is 0 Å². The Morgan fingerprint density at radius 2 is 1.10 bits per heavy atom. The molecule has 122 valence electrons. The summed E-state index contributed by atoms with van der Waals surface area (Å²) in [5.74, 6) is -1.70. The summed E-state index contributed by atoms with van der Waals surface area (Å²) in [6.45, 7) is 4.29. The van der Waals surface area contributed by atoms with E-state index in [1.54, 1.807) is 12.2 Å². The monoisotopic (exact) mass is 298 g/mol. The molecule has 0 aliphatic rings. The van der Waals surface area contributed by atoms with Gasteiger partial charge in [0.1, 0.15) is 0 Å². The van der Waals surface area contributed by atoms with E-state index in [9.17, 15) is 9.59 Å².